The molecular formula is C22H28F3NOS. The summed E-state index contributed by atoms with van der Waals surface area (Å²) in [6.07, 6.45) is -1.71. The van der Waals surface area contributed by atoms with Crippen LogP contribution in [0.5, 0.6) is 0 Å². The first-order valence-corrected chi connectivity index (χ1v) is 10.6. The molecule has 3 rings (SSSR count). The van der Waals surface area contributed by atoms with E-state index in [0.717, 1.165) is 43.4 Å². The molecule has 1 fully saturated rings. The zero-order valence-electron chi connectivity index (χ0n) is 16.6. The summed E-state index contributed by atoms with van der Waals surface area (Å²) in [5, 5.41) is 5.59. The molecule has 0 saturated carbocycles. The standard InChI is InChI=1S/C22H28F3NOS/c1-20(2)15-18(9-12-27-20)26-11-10-21(3,19-8-5-13-28-19)16-6-4-7-17(14-16)22(23,24)25/h4-8,13-14,18,26H,9-12,15H2,1-3H3/t18-,21+/m1/s1. The molecule has 2 heterocycles. The van der Waals surface area contributed by atoms with Gasteiger partial charge in [0.1, 0.15) is 0 Å². The highest BCUT2D eigenvalue weighted by Gasteiger charge is 2.35. The molecule has 6 heteroatoms. The quantitative estimate of drug-likeness (QED) is 0.628. The second-order valence-electron chi connectivity index (χ2n) is 8.39. The molecule has 0 spiro atoms. The molecular weight excluding hydrogens is 383 g/mol. The Kier molecular flexibility index (Phi) is 6.23. The Labute approximate surface area is 169 Å². The minimum absolute atomic E-state index is 0.131. The van der Waals surface area contributed by atoms with E-state index in [2.05, 4.69) is 19.2 Å². The average Bonchev–Trinajstić information content (AvgIpc) is 3.15. The number of alkyl halides is 3. The van der Waals surface area contributed by atoms with E-state index in [-0.39, 0.29) is 5.60 Å². The number of hydrogen-bond acceptors (Lipinski definition) is 3. The normalized spacial score (nSPS) is 22.0. The van der Waals surface area contributed by atoms with E-state index < -0.39 is 17.2 Å². The molecule has 1 saturated heterocycles. The minimum Gasteiger partial charge on any atom is -0.375 e. The van der Waals surface area contributed by atoms with Gasteiger partial charge in [-0.15, -0.1) is 11.3 Å². The van der Waals surface area contributed by atoms with Crippen LogP contribution < -0.4 is 5.32 Å². The van der Waals surface area contributed by atoms with Gasteiger partial charge in [-0.1, -0.05) is 31.2 Å². The van der Waals surface area contributed by atoms with Crippen molar-refractivity contribution in [2.75, 3.05) is 13.2 Å². The Morgan fingerprint density at radius 3 is 2.57 bits per heavy atom. The van der Waals surface area contributed by atoms with E-state index in [1.54, 1.807) is 11.3 Å². The second kappa shape index (κ2) is 8.17. The van der Waals surface area contributed by atoms with Crippen molar-refractivity contribution >= 4 is 11.3 Å². The number of benzene rings is 1. The molecule has 1 aromatic carbocycles. The van der Waals surface area contributed by atoms with Crippen LogP contribution in [0, 0.1) is 0 Å². The predicted molar refractivity (Wildman–Crippen MR) is 108 cm³/mol. The van der Waals surface area contributed by atoms with Crippen molar-refractivity contribution in [3.63, 3.8) is 0 Å². The highest BCUT2D eigenvalue weighted by Crippen LogP contribution is 2.40. The van der Waals surface area contributed by atoms with Crippen LogP contribution >= 0.6 is 11.3 Å². The zero-order valence-corrected chi connectivity index (χ0v) is 17.4. The number of hydrogen-bond donors (Lipinski definition) is 1. The number of ether oxygens (including phenoxy) is 1. The van der Waals surface area contributed by atoms with Gasteiger partial charge in [-0.25, -0.2) is 0 Å². The van der Waals surface area contributed by atoms with E-state index in [1.807, 2.05) is 30.5 Å². The van der Waals surface area contributed by atoms with Gasteiger partial charge in [-0.05, 0) is 62.7 Å². The van der Waals surface area contributed by atoms with E-state index in [9.17, 15) is 13.2 Å². The molecule has 0 unspecified atom stereocenters. The summed E-state index contributed by atoms with van der Waals surface area (Å²) >= 11 is 1.59. The fourth-order valence-corrected chi connectivity index (χ4v) is 4.91. The van der Waals surface area contributed by atoms with E-state index in [4.69, 9.17) is 4.74 Å². The first-order valence-electron chi connectivity index (χ1n) is 9.69. The Hall–Kier alpha value is -1.37. The first kappa shape index (κ1) is 21.3. The van der Waals surface area contributed by atoms with Gasteiger partial charge in [0.15, 0.2) is 0 Å². The maximum Gasteiger partial charge on any atom is 0.416 e. The van der Waals surface area contributed by atoms with Gasteiger partial charge >= 0.3 is 6.18 Å². The number of rotatable bonds is 6. The molecule has 2 aromatic rings. The highest BCUT2D eigenvalue weighted by molar-refractivity contribution is 7.10. The van der Waals surface area contributed by atoms with Gasteiger partial charge < -0.3 is 10.1 Å². The molecule has 154 valence electrons. The van der Waals surface area contributed by atoms with Gasteiger partial charge in [0.2, 0.25) is 0 Å². The van der Waals surface area contributed by atoms with Gasteiger partial charge in [-0.2, -0.15) is 13.2 Å². The summed E-state index contributed by atoms with van der Waals surface area (Å²) in [5.74, 6) is 0. The molecule has 2 nitrogen and oxygen atoms in total. The molecule has 2 atom stereocenters. The average molecular weight is 412 g/mol. The third-order valence-corrected chi connectivity index (χ3v) is 6.78. The number of halogens is 3. The van der Waals surface area contributed by atoms with Crippen molar-refractivity contribution in [3.05, 3.63) is 57.8 Å². The van der Waals surface area contributed by atoms with Crippen molar-refractivity contribution in [2.45, 2.75) is 63.3 Å². The Bertz CT molecular complexity index is 772. The van der Waals surface area contributed by atoms with Gasteiger partial charge in [0.05, 0.1) is 11.2 Å². The van der Waals surface area contributed by atoms with Crippen molar-refractivity contribution in [1.82, 2.24) is 5.32 Å². The van der Waals surface area contributed by atoms with Crippen molar-refractivity contribution in [3.8, 4) is 0 Å². The summed E-state index contributed by atoms with van der Waals surface area (Å²) < 4.78 is 45.5. The molecule has 0 bridgehead atoms. The topological polar surface area (TPSA) is 21.3 Å². The van der Waals surface area contributed by atoms with Crippen molar-refractivity contribution in [1.29, 1.82) is 0 Å². The van der Waals surface area contributed by atoms with Crippen molar-refractivity contribution < 1.29 is 17.9 Å². The van der Waals surface area contributed by atoms with Gasteiger partial charge in [0, 0.05) is 22.9 Å². The van der Waals surface area contributed by atoms with Gasteiger partial charge in [0.25, 0.3) is 0 Å². The number of thiophene rings is 1. The Balaban J connectivity index is 1.78. The fourth-order valence-electron chi connectivity index (χ4n) is 3.97. The van der Waals surface area contributed by atoms with Crippen LogP contribution in [0.2, 0.25) is 0 Å². The molecule has 1 aromatic heterocycles. The lowest BCUT2D eigenvalue weighted by Crippen LogP contribution is -2.44. The predicted octanol–water partition coefficient (Wildman–Crippen LogP) is 6.01. The minimum atomic E-state index is -4.34. The van der Waals surface area contributed by atoms with Crippen LogP contribution in [-0.2, 0) is 16.3 Å². The van der Waals surface area contributed by atoms with Crippen molar-refractivity contribution in [2.24, 2.45) is 0 Å². The number of nitrogens with one attached hydrogen (secondary N) is 1. The first-order chi connectivity index (χ1) is 13.1. The second-order valence-corrected chi connectivity index (χ2v) is 9.34. The summed E-state index contributed by atoms with van der Waals surface area (Å²) in [5.41, 5.74) is -0.484. The largest absolute Gasteiger partial charge is 0.416 e. The summed E-state index contributed by atoms with van der Waals surface area (Å²) in [6, 6.07) is 10.1. The molecule has 0 radical (unpaired) electrons. The van der Waals surface area contributed by atoms with Crippen LogP contribution in [0.4, 0.5) is 13.2 Å². The van der Waals surface area contributed by atoms with E-state index >= 15 is 0 Å². The lowest BCUT2D eigenvalue weighted by molar-refractivity contribution is -0.137. The maximum atomic E-state index is 13.2. The van der Waals surface area contributed by atoms with Crippen LogP contribution in [0.1, 0.15) is 56.0 Å². The van der Waals surface area contributed by atoms with Crippen LogP contribution in [0.3, 0.4) is 0 Å². The lowest BCUT2D eigenvalue weighted by Gasteiger charge is -2.37. The van der Waals surface area contributed by atoms with E-state index in [0.29, 0.717) is 11.6 Å². The summed E-state index contributed by atoms with van der Waals surface area (Å²) in [7, 11) is 0. The SMILES string of the molecule is CC1(C)C[C@H](NCC[C@@](C)(c2cccc(C(F)(F)F)c2)c2cccs2)CCO1. The van der Waals surface area contributed by atoms with Gasteiger partial charge in [-0.3, -0.25) is 0 Å². The monoisotopic (exact) mass is 411 g/mol. The van der Waals surface area contributed by atoms with Crippen LogP contribution in [0.25, 0.3) is 0 Å². The third-order valence-electron chi connectivity index (χ3n) is 5.65. The molecule has 0 amide bonds. The maximum absolute atomic E-state index is 13.2. The zero-order chi connectivity index (χ0) is 20.4. The summed E-state index contributed by atoms with van der Waals surface area (Å²) in [6.45, 7) is 7.72. The molecule has 28 heavy (non-hydrogen) atoms. The molecule has 0 aliphatic carbocycles. The molecule has 1 aliphatic heterocycles. The van der Waals surface area contributed by atoms with Crippen LogP contribution in [0.15, 0.2) is 41.8 Å². The smallest absolute Gasteiger partial charge is 0.375 e. The van der Waals surface area contributed by atoms with E-state index in [1.165, 1.54) is 12.1 Å². The summed E-state index contributed by atoms with van der Waals surface area (Å²) in [4.78, 5) is 1.08. The highest BCUT2D eigenvalue weighted by atomic mass is 32.1. The van der Waals surface area contributed by atoms with Crippen LogP contribution in [-0.4, -0.2) is 24.8 Å². The fraction of sp³-hybridized carbons (Fsp3) is 0.545. The molecule has 1 N–H and O–H groups in total. The Morgan fingerprint density at radius 1 is 1.18 bits per heavy atom. The molecule has 1 aliphatic rings. The third kappa shape index (κ3) is 4.97. The Morgan fingerprint density at radius 2 is 1.93 bits per heavy atom. The lowest BCUT2D eigenvalue weighted by atomic mass is 9.77.